The maximum atomic E-state index is 14.8. The van der Waals surface area contributed by atoms with Gasteiger partial charge in [-0.2, -0.15) is 4.90 Å². The first-order valence-electron chi connectivity index (χ1n) is 10.7. The molecular weight excluding hydrogens is 453 g/mol. The number of allylic oxidation sites excluding steroid dienone is 2. The molecule has 1 aromatic rings. The molecule has 0 aliphatic heterocycles. The van der Waals surface area contributed by atoms with Crippen molar-refractivity contribution >= 4 is 18.2 Å². The number of methoxy groups -OCH3 is 1. The third-order valence-electron chi connectivity index (χ3n) is 4.38. The van der Waals surface area contributed by atoms with Gasteiger partial charge in [-0.05, 0) is 73.8 Å². The Balaban J connectivity index is 3.24. The normalized spacial score (nSPS) is 13.6. The Bertz CT molecular complexity index is 953. The Morgan fingerprint density at radius 2 is 1.59 bits per heavy atom. The van der Waals surface area contributed by atoms with Crippen molar-refractivity contribution in [3.05, 3.63) is 27.8 Å². The zero-order valence-corrected chi connectivity index (χ0v) is 21.2. The second-order valence-electron chi connectivity index (χ2n) is 9.68. The standard InChI is InChI=1S/C22H34FN3O8/c1-13(15(23)12-25-14(2)24-34-18(25)28)10-11-16(17(27)31-9)26(19(29)32-21(3,4)5)20(30)33-22(6,7)8/h16H,10-12H2,1-9H3/b15-13-/t16-/m0/s1. The van der Waals surface area contributed by atoms with Crippen LogP contribution in [0.5, 0.6) is 0 Å². The van der Waals surface area contributed by atoms with Crippen LogP contribution in [0.1, 0.15) is 67.1 Å². The van der Waals surface area contributed by atoms with E-state index in [0.717, 1.165) is 11.7 Å². The number of amides is 2. The van der Waals surface area contributed by atoms with E-state index in [1.807, 2.05) is 0 Å². The fourth-order valence-electron chi connectivity index (χ4n) is 2.72. The minimum Gasteiger partial charge on any atom is -0.467 e. The molecule has 0 saturated heterocycles. The molecule has 0 saturated carbocycles. The first-order chi connectivity index (χ1) is 15.5. The van der Waals surface area contributed by atoms with Crippen molar-refractivity contribution in [3.63, 3.8) is 0 Å². The highest BCUT2D eigenvalue weighted by Gasteiger charge is 2.40. The van der Waals surface area contributed by atoms with Crippen LogP contribution < -0.4 is 5.76 Å². The van der Waals surface area contributed by atoms with Crippen LogP contribution in [0, 0.1) is 6.92 Å². The van der Waals surface area contributed by atoms with Gasteiger partial charge in [0, 0.05) is 0 Å². The Morgan fingerprint density at radius 1 is 1.09 bits per heavy atom. The average molecular weight is 488 g/mol. The summed E-state index contributed by atoms with van der Waals surface area (Å²) in [5.74, 6) is -2.18. The largest absolute Gasteiger partial charge is 0.467 e. The van der Waals surface area contributed by atoms with Gasteiger partial charge in [0.25, 0.3) is 0 Å². The number of carbonyl (C=O) groups is 3. The predicted molar refractivity (Wildman–Crippen MR) is 119 cm³/mol. The predicted octanol–water partition coefficient (Wildman–Crippen LogP) is 3.88. The third-order valence-corrected chi connectivity index (χ3v) is 4.38. The van der Waals surface area contributed by atoms with Crippen LogP contribution in [-0.4, -0.2) is 57.1 Å². The Kier molecular flexibility index (Phi) is 9.59. The number of hydrogen-bond donors (Lipinski definition) is 0. The van der Waals surface area contributed by atoms with Crippen LogP contribution >= 0.6 is 0 Å². The molecule has 1 atom stereocenters. The summed E-state index contributed by atoms with van der Waals surface area (Å²) in [5, 5.41) is 3.47. The quantitative estimate of drug-likeness (QED) is 0.415. The molecule has 11 nitrogen and oxygen atoms in total. The number of nitrogens with zero attached hydrogens (tertiary/aromatic N) is 3. The van der Waals surface area contributed by atoms with Gasteiger partial charge in [-0.15, -0.1) is 0 Å². The highest BCUT2D eigenvalue weighted by molar-refractivity contribution is 5.94. The maximum absolute atomic E-state index is 14.8. The molecule has 1 rings (SSSR count). The monoisotopic (exact) mass is 487 g/mol. The number of imide groups is 1. The van der Waals surface area contributed by atoms with E-state index < -0.39 is 53.5 Å². The Labute approximate surface area is 197 Å². The van der Waals surface area contributed by atoms with Crippen LogP contribution in [0.25, 0.3) is 0 Å². The van der Waals surface area contributed by atoms with Crippen molar-refractivity contribution in [1.82, 2.24) is 14.6 Å². The van der Waals surface area contributed by atoms with Gasteiger partial charge in [-0.3, -0.25) is 9.09 Å². The summed E-state index contributed by atoms with van der Waals surface area (Å²) in [5.41, 5.74) is -1.75. The lowest BCUT2D eigenvalue weighted by atomic mass is 10.0. The molecular formula is C22H34FN3O8. The Hall–Kier alpha value is -3.18. The SMILES string of the molecule is COC(=O)[C@H](CC/C(C)=C(\F)Cn1c(C)noc1=O)N(C(=O)OC(C)(C)C)C(=O)OC(C)(C)C. The lowest BCUT2D eigenvalue weighted by molar-refractivity contribution is -0.146. The summed E-state index contributed by atoms with van der Waals surface area (Å²) in [4.78, 5) is 50.5. The first kappa shape index (κ1) is 28.9. The molecule has 192 valence electrons. The van der Waals surface area contributed by atoms with Crippen molar-refractivity contribution in [2.24, 2.45) is 0 Å². The average Bonchev–Trinajstić information content (AvgIpc) is 2.99. The number of halogens is 1. The van der Waals surface area contributed by atoms with Gasteiger partial charge in [0.2, 0.25) is 0 Å². The highest BCUT2D eigenvalue weighted by Crippen LogP contribution is 2.23. The maximum Gasteiger partial charge on any atom is 0.441 e. The van der Waals surface area contributed by atoms with Crippen LogP contribution in [0.15, 0.2) is 20.7 Å². The second kappa shape index (κ2) is 11.3. The minimum absolute atomic E-state index is 0.0488. The molecule has 0 unspecified atom stereocenters. The van der Waals surface area contributed by atoms with Crippen molar-refractivity contribution in [2.75, 3.05) is 7.11 Å². The van der Waals surface area contributed by atoms with Gasteiger partial charge in [0.1, 0.15) is 23.1 Å². The summed E-state index contributed by atoms with van der Waals surface area (Å²) >= 11 is 0. The molecule has 0 aliphatic rings. The van der Waals surface area contributed by atoms with Crippen LogP contribution in [0.3, 0.4) is 0 Å². The lowest BCUT2D eigenvalue weighted by Gasteiger charge is -2.32. The van der Waals surface area contributed by atoms with E-state index in [2.05, 4.69) is 9.68 Å². The number of hydrogen-bond acceptors (Lipinski definition) is 9. The first-order valence-corrected chi connectivity index (χ1v) is 10.7. The van der Waals surface area contributed by atoms with Crippen molar-refractivity contribution in [1.29, 1.82) is 0 Å². The minimum atomic E-state index is -1.45. The molecule has 2 amide bonds. The number of ether oxygens (including phenoxy) is 3. The molecule has 0 spiro atoms. The van der Waals surface area contributed by atoms with Gasteiger partial charge in [-0.25, -0.2) is 23.6 Å². The topological polar surface area (TPSA) is 130 Å². The van der Waals surface area contributed by atoms with E-state index in [9.17, 15) is 23.6 Å². The number of rotatable bonds is 7. The van der Waals surface area contributed by atoms with Gasteiger partial charge < -0.3 is 14.2 Å². The summed E-state index contributed by atoms with van der Waals surface area (Å²) in [6.07, 6.45) is -2.44. The fraction of sp³-hybridized carbons (Fsp3) is 0.682. The molecule has 12 heteroatoms. The number of aryl methyl sites for hydroxylation is 1. The van der Waals surface area contributed by atoms with Gasteiger partial charge >= 0.3 is 23.9 Å². The van der Waals surface area contributed by atoms with Crippen molar-refractivity contribution < 1.29 is 37.5 Å². The summed E-state index contributed by atoms with van der Waals surface area (Å²) in [6.45, 7) is 12.1. The third kappa shape index (κ3) is 8.64. The highest BCUT2D eigenvalue weighted by atomic mass is 19.1. The second-order valence-corrected chi connectivity index (χ2v) is 9.68. The zero-order chi connectivity index (χ0) is 26.4. The smallest absolute Gasteiger partial charge is 0.441 e. The summed E-state index contributed by atoms with van der Waals surface area (Å²) in [6, 6.07) is -1.45. The molecule has 0 radical (unpaired) electrons. The van der Waals surface area contributed by atoms with Gasteiger partial charge in [0.05, 0.1) is 13.7 Å². The van der Waals surface area contributed by atoms with E-state index in [1.165, 1.54) is 13.8 Å². The number of esters is 1. The van der Waals surface area contributed by atoms with Crippen molar-refractivity contribution in [2.45, 2.75) is 92.0 Å². The van der Waals surface area contributed by atoms with Gasteiger partial charge in [0.15, 0.2) is 5.82 Å². The van der Waals surface area contributed by atoms with E-state index in [4.69, 9.17) is 14.2 Å². The molecule has 0 aliphatic carbocycles. The molecule has 0 fully saturated rings. The molecule has 0 aromatic carbocycles. The van der Waals surface area contributed by atoms with E-state index in [1.54, 1.807) is 41.5 Å². The van der Waals surface area contributed by atoms with Crippen LogP contribution in [0.2, 0.25) is 0 Å². The molecule has 0 bridgehead atoms. The molecule has 34 heavy (non-hydrogen) atoms. The Morgan fingerprint density at radius 3 is 1.97 bits per heavy atom. The van der Waals surface area contributed by atoms with E-state index in [-0.39, 0.29) is 24.2 Å². The fourth-order valence-corrected chi connectivity index (χ4v) is 2.72. The van der Waals surface area contributed by atoms with Crippen LogP contribution in [-0.2, 0) is 25.5 Å². The molecule has 1 aromatic heterocycles. The van der Waals surface area contributed by atoms with E-state index in [0.29, 0.717) is 4.90 Å². The lowest BCUT2D eigenvalue weighted by Crippen LogP contribution is -2.52. The number of carbonyl (C=O) groups excluding carboxylic acids is 3. The van der Waals surface area contributed by atoms with Crippen LogP contribution in [0.4, 0.5) is 14.0 Å². The summed E-state index contributed by atoms with van der Waals surface area (Å²) in [7, 11) is 1.10. The number of aromatic nitrogens is 2. The molecule has 1 heterocycles. The summed E-state index contributed by atoms with van der Waals surface area (Å²) < 4.78 is 35.6. The van der Waals surface area contributed by atoms with Gasteiger partial charge in [-0.1, -0.05) is 5.16 Å². The zero-order valence-electron chi connectivity index (χ0n) is 21.2. The van der Waals surface area contributed by atoms with E-state index >= 15 is 0 Å². The molecule has 0 N–H and O–H groups in total. The van der Waals surface area contributed by atoms with Crippen molar-refractivity contribution in [3.8, 4) is 0 Å².